The first-order chi connectivity index (χ1) is 18.9. The summed E-state index contributed by atoms with van der Waals surface area (Å²) in [5.74, 6) is -0.650. The lowest BCUT2D eigenvalue weighted by molar-refractivity contribution is -0.139. The molecule has 0 radical (unpaired) electrons. The third-order valence-corrected chi connectivity index (χ3v) is 7.65. The Morgan fingerprint density at radius 3 is 2.67 bits per heavy atom. The summed E-state index contributed by atoms with van der Waals surface area (Å²) in [5.41, 5.74) is 2.18. The van der Waals surface area contributed by atoms with Gasteiger partial charge in [-0.1, -0.05) is 54.6 Å². The van der Waals surface area contributed by atoms with E-state index in [-0.39, 0.29) is 18.4 Å². The molecular weight excluding hydrogens is 494 g/mol. The lowest BCUT2D eigenvalue weighted by Gasteiger charge is -2.28. The maximum Gasteiger partial charge on any atom is 0.264 e. The fourth-order valence-corrected chi connectivity index (χ4v) is 5.42. The number of rotatable bonds is 10. The molecule has 0 spiro atoms. The standard InChI is InChI=1S/C30H35N5O4/c1-22(8-4-6-17-33-21-24(16-19-36)31-32-33)30(39)26-9-2-3-10-27(26)35(29(30)38)20-23-12-14-25(15-13-23)34-18-7-5-11-28(34)37/h2-4,8-10,12-15,21-22,36,39H,5-7,11,16-20H2,1H3/b8-4+/t22-,30+/m0/s1. The molecule has 9 nitrogen and oxygen atoms in total. The molecular formula is C30H35N5O4. The predicted octanol–water partition coefficient (Wildman–Crippen LogP) is 3.35. The van der Waals surface area contributed by atoms with Crippen LogP contribution < -0.4 is 9.80 Å². The number of aliphatic hydroxyl groups is 2. The van der Waals surface area contributed by atoms with E-state index in [2.05, 4.69) is 10.3 Å². The molecule has 2 amide bonds. The number of carbonyl (C=O) groups is 2. The Balaban J connectivity index is 1.28. The van der Waals surface area contributed by atoms with Crippen LogP contribution in [0, 0.1) is 5.92 Å². The molecule has 9 heteroatoms. The van der Waals surface area contributed by atoms with Crippen LogP contribution in [-0.4, -0.2) is 50.2 Å². The topological polar surface area (TPSA) is 112 Å². The van der Waals surface area contributed by atoms with E-state index in [1.54, 1.807) is 9.58 Å². The van der Waals surface area contributed by atoms with Gasteiger partial charge in [0.05, 0.1) is 17.9 Å². The van der Waals surface area contributed by atoms with E-state index in [1.807, 2.05) is 78.7 Å². The summed E-state index contributed by atoms with van der Waals surface area (Å²) in [6.45, 7) is 3.55. The number of hydrogen-bond donors (Lipinski definition) is 2. The van der Waals surface area contributed by atoms with Gasteiger partial charge in [0.15, 0.2) is 5.60 Å². The summed E-state index contributed by atoms with van der Waals surface area (Å²) in [7, 11) is 0. The summed E-state index contributed by atoms with van der Waals surface area (Å²) in [4.78, 5) is 29.5. The number of fused-ring (bicyclic) bond motifs is 1. The van der Waals surface area contributed by atoms with E-state index >= 15 is 0 Å². The Hall–Kier alpha value is -3.82. The van der Waals surface area contributed by atoms with Gasteiger partial charge in [-0.15, -0.1) is 5.10 Å². The average molecular weight is 530 g/mol. The van der Waals surface area contributed by atoms with Crippen LogP contribution in [-0.2, 0) is 34.7 Å². The highest BCUT2D eigenvalue weighted by Crippen LogP contribution is 2.45. The molecule has 39 heavy (non-hydrogen) atoms. The van der Waals surface area contributed by atoms with Crippen LogP contribution >= 0.6 is 0 Å². The number of anilines is 2. The molecule has 0 unspecified atom stereocenters. The Morgan fingerprint density at radius 1 is 1.10 bits per heavy atom. The van der Waals surface area contributed by atoms with Crippen LogP contribution in [0.1, 0.15) is 49.4 Å². The number of para-hydroxylation sites is 1. The molecule has 2 aliphatic rings. The molecule has 1 fully saturated rings. The molecule has 2 aliphatic heterocycles. The van der Waals surface area contributed by atoms with Gasteiger partial charge in [-0.25, -0.2) is 0 Å². The van der Waals surface area contributed by atoms with Crippen LogP contribution in [0.4, 0.5) is 11.4 Å². The molecule has 1 aromatic heterocycles. The van der Waals surface area contributed by atoms with Crippen molar-refractivity contribution in [3.05, 3.63) is 83.7 Å². The quantitative estimate of drug-likeness (QED) is 0.390. The predicted molar refractivity (Wildman–Crippen MR) is 148 cm³/mol. The van der Waals surface area contributed by atoms with Gasteiger partial charge in [0.25, 0.3) is 5.91 Å². The van der Waals surface area contributed by atoms with Crippen molar-refractivity contribution in [1.82, 2.24) is 15.0 Å². The molecule has 3 heterocycles. The van der Waals surface area contributed by atoms with Crippen LogP contribution in [0.2, 0.25) is 0 Å². The number of piperidine rings is 1. The Morgan fingerprint density at radius 2 is 1.90 bits per heavy atom. The first kappa shape index (κ1) is 26.8. The third kappa shape index (κ3) is 5.37. The maximum absolute atomic E-state index is 13.8. The molecule has 1 saturated heterocycles. The number of aliphatic hydroxyl groups excluding tert-OH is 1. The fourth-order valence-electron chi connectivity index (χ4n) is 5.42. The number of allylic oxidation sites excluding steroid dienone is 1. The first-order valence-electron chi connectivity index (χ1n) is 13.6. The van der Waals surface area contributed by atoms with Gasteiger partial charge in [-0.05, 0) is 43.0 Å². The van der Waals surface area contributed by atoms with Crippen LogP contribution in [0.3, 0.4) is 0 Å². The number of benzene rings is 2. The van der Waals surface area contributed by atoms with E-state index in [0.29, 0.717) is 43.6 Å². The zero-order chi connectivity index (χ0) is 27.4. The minimum Gasteiger partial charge on any atom is -0.396 e. The first-order valence-corrected chi connectivity index (χ1v) is 13.6. The fraction of sp³-hybridized carbons (Fsp3) is 0.400. The Labute approximate surface area is 228 Å². The number of nitrogens with zero attached hydrogens (tertiary/aromatic N) is 5. The summed E-state index contributed by atoms with van der Waals surface area (Å²) in [6.07, 6.45) is 9.31. The van der Waals surface area contributed by atoms with Crippen molar-refractivity contribution in [2.75, 3.05) is 23.0 Å². The second-order valence-electron chi connectivity index (χ2n) is 10.3. The molecule has 2 aromatic carbocycles. The number of carbonyl (C=O) groups excluding carboxylic acids is 2. The molecule has 0 aliphatic carbocycles. The number of aromatic nitrogens is 3. The molecule has 204 valence electrons. The van der Waals surface area contributed by atoms with Crippen molar-refractivity contribution in [1.29, 1.82) is 0 Å². The number of hydrogen-bond acceptors (Lipinski definition) is 6. The SMILES string of the molecule is C[C@@H](/C=C/CCn1cc(CCO)nn1)[C@]1(O)C(=O)N(Cc2ccc(N3CCCCC3=O)cc2)c2ccccc21. The molecule has 2 N–H and O–H groups in total. The van der Waals surface area contributed by atoms with Crippen LogP contribution in [0.15, 0.2) is 66.9 Å². The Bertz CT molecular complexity index is 1350. The van der Waals surface area contributed by atoms with E-state index in [9.17, 15) is 14.7 Å². The minimum absolute atomic E-state index is 0.0339. The van der Waals surface area contributed by atoms with Gasteiger partial charge in [0.2, 0.25) is 5.91 Å². The van der Waals surface area contributed by atoms with Crippen molar-refractivity contribution in [3.63, 3.8) is 0 Å². The van der Waals surface area contributed by atoms with E-state index in [1.165, 1.54) is 0 Å². The summed E-state index contributed by atoms with van der Waals surface area (Å²) >= 11 is 0. The summed E-state index contributed by atoms with van der Waals surface area (Å²) in [6, 6.07) is 15.2. The lowest BCUT2D eigenvalue weighted by atomic mass is 9.83. The minimum atomic E-state index is -1.67. The number of aryl methyl sites for hydroxylation is 1. The van der Waals surface area contributed by atoms with Gasteiger partial charge >= 0.3 is 0 Å². The zero-order valence-electron chi connectivity index (χ0n) is 22.2. The van der Waals surface area contributed by atoms with Crippen LogP contribution in [0.25, 0.3) is 0 Å². The van der Waals surface area contributed by atoms with E-state index in [0.717, 1.165) is 36.3 Å². The van der Waals surface area contributed by atoms with Gasteiger partial charge in [0, 0.05) is 55.9 Å². The van der Waals surface area contributed by atoms with Crippen molar-refractivity contribution in [3.8, 4) is 0 Å². The third-order valence-electron chi connectivity index (χ3n) is 7.65. The second-order valence-corrected chi connectivity index (χ2v) is 10.3. The van der Waals surface area contributed by atoms with Crippen molar-refractivity contribution < 1.29 is 19.8 Å². The summed E-state index contributed by atoms with van der Waals surface area (Å²) < 4.78 is 1.72. The number of amides is 2. The van der Waals surface area contributed by atoms with Gasteiger partial charge < -0.3 is 20.0 Å². The van der Waals surface area contributed by atoms with E-state index in [4.69, 9.17) is 5.11 Å². The molecule has 0 bridgehead atoms. The summed E-state index contributed by atoms with van der Waals surface area (Å²) in [5, 5.41) is 28.9. The monoisotopic (exact) mass is 529 g/mol. The maximum atomic E-state index is 13.8. The van der Waals surface area contributed by atoms with Crippen molar-refractivity contribution in [2.24, 2.45) is 5.92 Å². The lowest BCUT2D eigenvalue weighted by Crippen LogP contribution is -2.44. The smallest absolute Gasteiger partial charge is 0.264 e. The average Bonchev–Trinajstić information content (AvgIpc) is 3.49. The second kappa shape index (κ2) is 11.5. The van der Waals surface area contributed by atoms with Crippen molar-refractivity contribution >= 4 is 23.2 Å². The van der Waals surface area contributed by atoms with E-state index < -0.39 is 11.5 Å². The van der Waals surface area contributed by atoms with Gasteiger partial charge in [-0.2, -0.15) is 0 Å². The highest BCUT2D eigenvalue weighted by atomic mass is 16.3. The Kier molecular flexibility index (Phi) is 7.90. The highest BCUT2D eigenvalue weighted by Gasteiger charge is 2.52. The van der Waals surface area contributed by atoms with Crippen LogP contribution in [0.5, 0.6) is 0 Å². The normalized spacial score (nSPS) is 20.2. The molecule has 2 atom stereocenters. The van der Waals surface area contributed by atoms with Gasteiger partial charge in [-0.3, -0.25) is 14.3 Å². The van der Waals surface area contributed by atoms with Gasteiger partial charge in [0.1, 0.15) is 0 Å². The molecule has 5 rings (SSSR count). The van der Waals surface area contributed by atoms with Crippen molar-refractivity contribution in [2.45, 2.75) is 57.7 Å². The molecule has 0 saturated carbocycles. The largest absolute Gasteiger partial charge is 0.396 e. The highest BCUT2D eigenvalue weighted by molar-refractivity contribution is 6.07. The molecule has 3 aromatic rings. The zero-order valence-corrected chi connectivity index (χ0v) is 22.2.